The number of piperidine rings is 1. The molecule has 19 heavy (non-hydrogen) atoms. The Morgan fingerprint density at radius 1 is 1.47 bits per heavy atom. The van der Waals surface area contributed by atoms with Crippen LogP contribution in [-0.4, -0.2) is 29.3 Å². The van der Waals surface area contributed by atoms with Gasteiger partial charge in [0.2, 0.25) is 0 Å². The van der Waals surface area contributed by atoms with Crippen molar-refractivity contribution in [3.05, 3.63) is 23.0 Å². The lowest BCUT2D eigenvalue weighted by atomic mass is 9.97. The maximum absolute atomic E-state index is 9.37. The molecule has 0 bridgehead atoms. The summed E-state index contributed by atoms with van der Waals surface area (Å²) in [4.78, 5) is 6.66. The summed E-state index contributed by atoms with van der Waals surface area (Å²) in [6, 6.07) is 4.63. The molecule has 4 heteroatoms. The Kier molecular flexibility index (Phi) is 4.39. The molecule has 0 spiro atoms. The molecule has 1 aliphatic rings. The minimum atomic E-state index is 0.200. The van der Waals surface area contributed by atoms with Gasteiger partial charge in [-0.05, 0) is 45.6 Å². The van der Waals surface area contributed by atoms with Gasteiger partial charge in [0.05, 0.1) is 16.9 Å². The number of aromatic nitrogens is 1. The second kappa shape index (κ2) is 6.03. The SMILES string of the molecule is Cc1cc(N2CCCCC2CCO)c(C#N)c(C)n1. The molecule has 0 amide bonds. The van der Waals surface area contributed by atoms with Gasteiger partial charge >= 0.3 is 0 Å². The summed E-state index contributed by atoms with van der Waals surface area (Å²) in [7, 11) is 0. The number of nitriles is 1. The summed E-state index contributed by atoms with van der Waals surface area (Å²) in [5, 5.41) is 18.6. The van der Waals surface area contributed by atoms with E-state index in [1.165, 1.54) is 6.42 Å². The van der Waals surface area contributed by atoms with Crippen LogP contribution < -0.4 is 4.90 Å². The van der Waals surface area contributed by atoms with Crippen molar-refractivity contribution in [2.45, 2.75) is 45.6 Å². The van der Waals surface area contributed by atoms with Crippen LogP contribution in [0.5, 0.6) is 0 Å². The van der Waals surface area contributed by atoms with Crippen LogP contribution >= 0.6 is 0 Å². The Bertz CT molecular complexity index is 491. The number of hydrogen-bond acceptors (Lipinski definition) is 4. The number of aliphatic hydroxyl groups is 1. The van der Waals surface area contributed by atoms with Gasteiger partial charge in [-0.2, -0.15) is 5.26 Å². The van der Waals surface area contributed by atoms with Crippen molar-refractivity contribution in [3.63, 3.8) is 0 Å². The quantitative estimate of drug-likeness (QED) is 0.905. The van der Waals surface area contributed by atoms with Crippen LogP contribution in [0.2, 0.25) is 0 Å². The van der Waals surface area contributed by atoms with E-state index in [4.69, 9.17) is 0 Å². The first-order valence-corrected chi connectivity index (χ1v) is 6.93. The van der Waals surface area contributed by atoms with Crippen LogP contribution in [0.3, 0.4) is 0 Å². The summed E-state index contributed by atoms with van der Waals surface area (Å²) in [6.07, 6.45) is 4.20. The molecule has 1 atom stereocenters. The van der Waals surface area contributed by atoms with Gasteiger partial charge in [-0.15, -0.1) is 0 Å². The van der Waals surface area contributed by atoms with Gasteiger partial charge in [-0.1, -0.05) is 0 Å². The molecule has 102 valence electrons. The van der Waals surface area contributed by atoms with E-state index < -0.39 is 0 Å². The van der Waals surface area contributed by atoms with Gasteiger partial charge in [0.15, 0.2) is 0 Å². The third kappa shape index (κ3) is 2.87. The monoisotopic (exact) mass is 259 g/mol. The standard InChI is InChI=1S/C15H21N3O/c1-11-9-15(14(10-16)12(2)17-11)18-7-4-3-5-13(18)6-8-19/h9,13,19H,3-8H2,1-2H3. The lowest BCUT2D eigenvalue weighted by Gasteiger charge is -2.38. The van der Waals surface area contributed by atoms with Crippen LogP contribution in [0.15, 0.2) is 6.07 Å². The fourth-order valence-electron chi connectivity index (χ4n) is 2.94. The van der Waals surface area contributed by atoms with E-state index >= 15 is 0 Å². The number of hydrogen-bond donors (Lipinski definition) is 1. The highest BCUT2D eigenvalue weighted by atomic mass is 16.3. The van der Waals surface area contributed by atoms with Crippen molar-refractivity contribution in [1.29, 1.82) is 5.26 Å². The minimum absolute atomic E-state index is 0.200. The zero-order valence-electron chi connectivity index (χ0n) is 11.7. The summed E-state index contributed by atoms with van der Waals surface area (Å²) < 4.78 is 0. The van der Waals surface area contributed by atoms with Crippen LogP contribution in [0.4, 0.5) is 5.69 Å². The minimum Gasteiger partial charge on any atom is -0.396 e. The maximum Gasteiger partial charge on any atom is 0.103 e. The van der Waals surface area contributed by atoms with Crippen molar-refractivity contribution in [3.8, 4) is 6.07 Å². The van der Waals surface area contributed by atoms with Gasteiger partial charge in [-0.3, -0.25) is 4.98 Å². The highest BCUT2D eigenvalue weighted by Gasteiger charge is 2.25. The smallest absolute Gasteiger partial charge is 0.103 e. The predicted octanol–water partition coefficient (Wildman–Crippen LogP) is 2.31. The average molecular weight is 259 g/mol. The molecule has 1 aromatic rings. The Balaban J connectivity index is 2.41. The summed E-state index contributed by atoms with van der Waals surface area (Å²) >= 11 is 0. The molecule has 2 heterocycles. The summed E-state index contributed by atoms with van der Waals surface area (Å²) in [6.45, 7) is 5.01. The van der Waals surface area contributed by atoms with Crippen molar-refractivity contribution in [2.24, 2.45) is 0 Å². The first kappa shape index (κ1) is 13.8. The largest absolute Gasteiger partial charge is 0.396 e. The molecule has 0 saturated carbocycles. The summed E-state index contributed by atoms with van der Waals surface area (Å²) in [5.74, 6) is 0. The van der Waals surface area contributed by atoms with E-state index in [9.17, 15) is 10.4 Å². The molecule has 1 aliphatic heterocycles. The third-order valence-electron chi connectivity index (χ3n) is 3.82. The first-order valence-electron chi connectivity index (χ1n) is 6.93. The molecule has 1 fully saturated rings. The second-order valence-electron chi connectivity index (χ2n) is 5.21. The highest BCUT2D eigenvalue weighted by molar-refractivity contribution is 5.62. The zero-order valence-corrected chi connectivity index (χ0v) is 11.7. The summed E-state index contributed by atoms with van der Waals surface area (Å²) in [5.41, 5.74) is 3.41. The van der Waals surface area contributed by atoms with Gasteiger partial charge in [0, 0.05) is 24.9 Å². The van der Waals surface area contributed by atoms with E-state index in [2.05, 4.69) is 16.0 Å². The Morgan fingerprint density at radius 2 is 2.26 bits per heavy atom. The Hall–Kier alpha value is -1.60. The number of anilines is 1. The Morgan fingerprint density at radius 3 is 2.95 bits per heavy atom. The lowest BCUT2D eigenvalue weighted by molar-refractivity contribution is 0.262. The molecule has 1 unspecified atom stereocenters. The van der Waals surface area contributed by atoms with Crippen LogP contribution in [-0.2, 0) is 0 Å². The van der Waals surface area contributed by atoms with Crippen molar-refractivity contribution >= 4 is 5.69 Å². The fourth-order valence-corrected chi connectivity index (χ4v) is 2.94. The molecule has 4 nitrogen and oxygen atoms in total. The van der Waals surface area contributed by atoms with Crippen LogP contribution in [0.1, 0.15) is 42.6 Å². The van der Waals surface area contributed by atoms with Gasteiger partial charge < -0.3 is 10.0 Å². The fraction of sp³-hybridized carbons (Fsp3) is 0.600. The van der Waals surface area contributed by atoms with E-state index in [0.717, 1.165) is 42.9 Å². The molecule has 1 aromatic heterocycles. The Labute approximate surface area is 114 Å². The van der Waals surface area contributed by atoms with Gasteiger partial charge in [0.25, 0.3) is 0 Å². The third-order valence-corrected chi connectivity index (χ3v) is 3.82. The molecular weight excluding hydrogens is 238 g/mol. The first-order chi connectivity index (χ1) is 9.17. The second-order valence-corrected chi connectivity index (χ2v) is 5.21. The molecule has 1 saturated heterocycles. The molecule has 0 aliphatic carbocycles. The van der Waals surface area contributed by atoms with Crippen molar-refractivity contribution in [2.75, 3.05) is 18.1 Å². The van der Waals surface area contributed by atoms with E-state index in [0.29, 0.717) is 11.6 Å². The van der Waals surface area contributed by atoms with Crippen molar-refractivity contribution in [1.82, 2.24) is 4.98 Å². The zero-order chi connectivity index (χ0) is 13.8. The number of aliphatic hydroxyl groups excluding tert-OH is 1. The number of aryl methyl sites for hydroxylation is 2. The molecular formula is C15H21N3O. The number of rotatable bonds is 3. The van der Waals surface area contributed by atoms with Crippen LogP contribution in [0, 0.1) is 25.2 Å². The molecule has 0 aromatic carbocycles. The molecule has 0 radical (unpaired) electrons. The normalized spacial score (nSPS) is 19.3. The van der Waals surface area contributed by atoms with Gasteiger partial charge in [-0.25, -0.2) is 0 Å². The maximum atomic E-state index is 9.37. The molecule has 2 rings (SSSR count). The predicted molar refractivity (Wildman–Crippen MR) is 75.1 cm³/mol. The van der Waals surface area contributed by atoms with E-state index in [1.54, 1.807) is 0 Å². The number of pyridine rings is 1. The van der Waals surface area contributed by atoms with E-state index in [-0.39, 0.29) is 6.61 Å². The van der Waals surface area contributed by atoms with E-state index in [1.807, 2.05) is 19.9 Å². The topological polar surface area (TPSA) is 60.1 Å². The highest BCUT2D eigenvalue weighted by Crippen LogP contribution is 2.30. The van der Waals surface area contributed by atoms with Crippen molar-refractivity contribution < 1.29 is 5.11 Å². The lowest BCUT2D eigenvalue weighted by Crippen LogP contribution is -2.40. The van der Waals surface area contributed by atoms with Crippen LogP contribution in [0.25, 0.3) is 0 Å². The average Bonchev–Trinajstić information content (AvgIpc) is 2.39. The number of nitrogens with zero attached hydrogens (tertiary/aromatic N) is 3. The van der Waals surface area contributed by atoms with Gasteiger partial charge in [0.1, 0.15) is 6.07 Å². The molecule has 1 N–H and O–H groups in total.